The van der Waals surface area contributed by atoms with Gasteiger partial charge < -0.3 is 9.47 Å². The van der Waals surface area contributed by atoms with Crippen LogP contribution in [0.15, 0.2) is 36.4 Å². The third kappa shape index (κ3) is 2.90. The van der Waals surface area contributed by atoms with Crippen LogP contribution in [0.25, 0.3) is 0 Å². The van der Waals surface area contributed by atoms with Gasteiger partial charge in [-0.1, -0.05) is 6.07 Å². The molecule has 0 aliphatic rings. The van der Waals surface area contributed by atoms with Crippen molar-refractivity contribution < 1.29 is 18.3 Å². The SMILES string of the molecule is COc1cccc(Oc2c(F)cc(I)cc2F)c1. The van der Waals surface area contributed by atoms with Crippen molar-refractivity contribution in [3.8, 4) is 17.2 Å². The van der Waals surface area contributed by atoms with Gasteiger partial charge >= 0.3 is 0 Å². The number of methoxy groups -OCH3 is 1. The lowest BCUT2D eigenvalue weighted by Gasteiger charge is -2.09. The molecule has 0 aliphatic heterocycles. The monoisotopic (exact) mass is 362 g/mol. The highest BCUT2D eigenvalue weighted by atomic mass is 127. The van der Waals surface area contributed by atoms with Gasteiger partial charge in [-0.3, -0.25) is 0 Å². The average Bonchev–Trinajstić information content (AvgIpc) is 2.34. The molecule has 0 aliphatic carbocycles. The van der Waals surface area contributed by atoms with Gasteiger partial charge in [0.15, 0.2) is 17.4 Å². The zero-order valence-electron chi connectivity index (χ0n) is 9.41. The second-order valence-electron chi connectivity index (χ2n) is 3.48. The van der Waals surface area contributed by atoms with Crippen LogP contribution in [-0.4, -0.2) is 7.11 Å². The van der Waals surface area contributed by atoms with Crippen molar-refractivity contribution in [1.82, 2.24) is 0 Å². The Morgan fingerprint density at radius 1 is 1.00 bits per heavy atom. The Balaban J connectivity index is 2.33. The lowest BCUT2D eigenvalue weighted by molar-refractivity contribution is 0.393. The second-order valence-corrected chi connectivity index (χ2v) is 4.73. The van der Waals surface area contributed by atoms with E-state index in [0.717, 1.165) is 0 Å². The summed E-state index contributed by atoms with van der Waals surface area (Å²) < 4.78 is 37.8. The Labute approximate surface area is 117 Å². The number of benzene rings is 2. The summed E-state index contributed by atoms with van der Waals surface area (Å²) in [5.74, 6) is -1.01. The first kappa shape index (κ1) is 13.1. The van der Waals surface area contributed by atoms with E-state index in [1.807, 2.05) is 22.6 Å². The predicted octanol–water partition coefficient (Wildman–Crippen LogP) is 4.37. The normalized spacial score (nSPS) is 10.2. The molecular weight excluding hydrogens is 353 g/mol. The van der Waals surface area contributed by atoms with Crippen LogP contribution < -0.4 is 9.47 Å². The van der Waals surface area contributed by atoms with Crippen molar-refractivity contribution in [3.05, 3.63) is 51.6 Å². The predicted molar refractivity (Wildman–Crippen MR) is 72.1 cm³/mol. The van der Waals surface area contributed by atoms with E-state index in [-0.39, 0.29) is 0 Å². The molecule has 0 saturated heterocycles. The fourth-order valence-corrected chi connectivity index (χ4v) is 1.96. The van der Waals surface area contributed by atoms with Gasteiger partial charge in [0, 0.05) is 9.64 Å². The maximum absolute atomic E-state index is 13.6. The van der Waals surface area contributed by atoms with Crippen LogP contribution in [0.3, 0.4) is 0 Å². The molecule has 0 heterocycles. The van der Waals surface area contributed by atoms with E-state index in [9.17, 15) is 8.78 Å². The maximum atomic E-state index is 13.6. The van der Waals surface area contributed by atoms with Gasteiger partial charge in [-0.25, -0.2) is 8.78 Å². The van der Waals surface area contributed by atoms with Crippen LogP contribution in [0.2, 0.25) is 0 Å². The number of hydrogen-bond acceptors (Lipinski definition) is 2. The van der Waals surface area contributed by atoms with Crippen molar-refractivity contribution >= 4 is 22.6 Å². The Morgan fingerprint density at radius 3 is 2.22 bits per heavy atom. The molecular formula is C13H9F2IO2. The van der Waals surface area contributed by atoms with E-state index in [1.54, 1.807) is 24.3 Å². The number of rotatable bonds is 3. The minimum atomic E-state index is -0.734. The number of ether oxygens (including phenoxy) is 2. The third-order valence-electron chi connectivity index (χ3n) is 2.22. The summed E-state index contributed by atoms with van der Waals surface area (Å²) in [6.07, 6.45) is 0. The van der Waals surface area contributed by atoms with Gasteiger partial charge in [-0.05, 0) is 46.9 Å². The van der Waals surface area contributed by atoms with Gasteiger partial charge in [0.25, 0.3) is 0 Å². The highest BCUT2D eigenvalue weighted by Gasteiger charge is 2.13. The smallest absolute Gasteiger partial charge is 0.198 e. The Kier molecular flexibility index (Phi) is 4.00. The zero-order valence-corrected chi connectivity index (χ0v) is 11.6. The molecule has 0 aromatic heterocycles. The van der Waals surface area contributed by atoms with E-state index in [1.165, 1.54) is 19.2 Å². The average molecular weight is 362 g/mol. The quantitative estimate of drug-likeness (QED) is 0.755. The summed E-state index contributed by atoms with van der Waals surface area (Å²) in [5, 5.41) is 0. The summed E-state index contributed by atoms with van der Waals surface area (Å²) in [5.41, 5.74) is 0. The molecule has 18 heavy (non-hydrogen) atoms. The van der Waals surface area contributed by atoms with E-state index < -0.39 is 17.4 Å². The van der Waals surface area contributed by atoms with Crippen molar-refractivity contribution in [1.29, 1.82) is 0 Å². The summed E-state index contributed by atoms with van der Waals surface area (Å²) in [6, 6.07) is 8.96. The van der Waals surface area contributed by atoms with Gasteiger partial charge in [0.05, 0.1) is 7.11 Å². The van der Waals surface area contributed by atoms with E-state index >= 15 is 0 Å². The van der Waals surface area contributed by atoms with Crippen LogP contribution in [0, 0.1) is 15.2 Å². The largest absolute Gasteiger partial charge is 0.497 e. The molecule has 0 saturated carbocycles. The lowest BCUT2D eigenvalue weighted by Crippen LogP contribution is -1.94. The first-order valence-electron chi connectivity index (χ1n) is 5.06. The van der Waals surface area contributed by atoms with Gasteiger partial charge in [0.1, 0.15) is 11.5 Å². The Hall–Kier alpha value is -1.37. The number of hydrogen-bond donors (Lipinski definition) is 0. The Morgan fingerprint density at radius 2 is 1.61 bits per heavy atom. The molecule has 2 nitrogen and oxygen atoms in total. The minimum Gasteiger partial charge on any atom is -0.497 e. The molecule has 2 aromatic rings. The highest BCUT2D eigenvalue weighted by Crippen LogP contribution is 2.30. The molecule has 94 valence electrons. The van der Waals surface area contributed by atoms with Crippen LogP contribution in [-0.2, 0) is 0 Å². The van der Waals surface area contributed by atoms with E-state index in [4.69, 9.17) is 9.47 Å². The maximum Gasteiger partial charge on any atom is 0.198 e. The highest BCUT2D eigenvalue weighted by molar-refractivity contribution is 14.1. The van der Waals surface area contributed by atoms with Crippen molar-refractivity contribution in [2.24, 2.45) is 0 Å². The van der Waals surface area contributed by atoms with Crippen molar-refractivity contribution in [2.45, 2.75) is 0 Å². The molecule has 0 N–H and O–H groups in total. The van der Waals surface area contributed by atoms with E-state index in [0.29, 0.717) is 15.1 Å². The molecule has 2 rings (SSSR count). The Bertz CT molecular complexity index is 550. The molecule has 2 aromatic carbocycles. The minimum absolute atomic E-state index is 0.313. The van der Waals surface area contributed by atoms with Crippen LogP contribution in [0.5, 0.6) is 17.2 Å². The van der Waals surface area contributed by atoms with E-state index in [2.05, 4.69) is 0 Å². The molecule has 0 amide bonds. The lowest BCUT2D eigenvalue weighted by atomic mass is 10.3. The molecule has 0 bridgehead atoms. The topological polar surface area (TPSA) is 18.5 Å². The first-order chi connectivity index (χ1) is 8.60. The van der Waals surface area contributed by atoms with Crippen molar-refractivity contribution in [2.75, 3.05) is 7.11 Å². The van der Waals surface area contributed by atoms with Gasteiger partial charge in [-0.15, -0.1) is 0 Å². The molecule has 0 spiro atoms. The summed E-state index contributed by atoms with van der Waals surface area (Å²) in [6.45, 7) is 0. The molecule has 0 unspecified atom stereocenters. The molecule has 0 atom stereocenters. The zero-order chi connectivity index (χ0) is 13.1. The third-order valence-corrected chi connectivity index (χ3v) is 2.85. The number of halogens is 3. The summed E-state index contributed by atoms with van der Waals surface area (Å²) in [7, 11) is 1.51. The van der Waals surface area contributed by atoms with Crippen LogP contribution in [0.1, 0.15) is 0 Å². The fraction of sp³-hybridized carbons (Fsp3) is 0.0769. The standard InChI is InChI=1S/C13H9F2IO2/c1-17-9-3-2-4-10(7-9)18-13-11(14)5-8(16)6-12(13)15/h2-7H,1H3. The summed E-state index contributed by atoms with van der Waals surface area (Å²) >= 11 is 1.83. The molecule has 0 radical (unpaired) electrons. The van der Waals surface area contributed by atoms with Gasteiger partial charge in [-0.2, -0.15) is 0 Å². The van der Waals surface area contributed by atoms with Crippen molar-refractivity contribution in [3.63, 3.8) is 0 Å². The molecule has 5 heteroatoms. The van der Waals surface area contributed by atoms with Crippen LogP contribution in [0.4, 0.5) is 8.78 Å². The summed E-state index contributed by atoms with van der Waals surface area (Å²) in [4.78, 5) is 0. The first-order valence-corrected chi connectivity index (χ1v) is 6.14. The van der Waals surface area contributed by atoms with Crippen LogP contribution >= 0.6 is 22.6 Å². The van der Waals surface area contributed by atoms with Gasteiger partial charge in [0.2, 0.25) is 0 Å². The molecule has 0 fully saturated rings. The fourth-order valence-electron chi connectivity index (χ4n) is 1.41. The second kappa shape index (κ2) is 5.51.